The summed E-state index contributed by atoms with van der Waals surface area (Å²) in [7, 11) is 1.97. The predicted octanol–water partition coefficient (Wildman–Crippen LogP) is 6.62. The molecule has 15 heteroatoms. The summed E-state index contributed by atoms with van der Waals surface area (Å²) >= 11 is 1.32. The van der Waals surface area contributed by atoms with E-state index in [2.05, 4.69) is 29.4 Å². The maximum Gasteiger partial charge on any atom is 0.328 e. The van der Waals surface area contributed by atoms with Crippen molar-refractivity contribution in [1.29, 1.82) is 0 Å². The van der Waals surface area contributed by atoms with Crippen LogP contribution >= 0.6 is 11.3 Å². The zero-order valence-electron chi connectivity index (χ0n) is 38.3. The number of likely N-dealkylation sites (N-methyl/N-ethyl adjacent to an activating group) is 1. The lowest BCUT2D eigenvalue weighted by atomic mass is 9.92. The highest BCUT2D eigenvalue weighted by Crippen LogP contribution is 2.32. The molecule has 1 aliphatic heterocycles. The molecule has 0 saturated carbocycles. The van der Waals surface area contributed by atoms with Gasteiger partial charge in [0.25, 0.3) is 5.91 Å². The number of aliphatic carboxylic acids is 1. The zero-order chi connectivity index (χ0) is 45.4. The lowest BCUT2D eigenvalue weighted by molar-refractivity contribution is -0.143. The Hall–Kier alpha value is -3.92. The SMILES string of the molecule is CCCO[C@H](C[C@H](C(C)C)N(CCC)C(=O)[C@@H](NC(=O)[C@H]1CCCCN1C)[C@@H](C)CC)c1nc(C(=O)N[C@@H](Cc2ccc(OC(=O)[C@H](N)C(C)C)cc2)C[C@H](C)C(=O)O)cs1. The van der Waals surface area contributed by atoms with Crippen molar-refractivity contribution in [1.82, 2.24) is 25.4 Å². The van der Waals surface area contributed by atoms with Crippen LogP contribution in [0.4, 0.5) is 0 Å². The number of rotatable bonds is 25. The third-order valence-electron chi connectivity index (χ3n) is 11.8. The summed E-state index contributed by atoms with van der Waals surface area (Å²) in [6.07, 6.45) is 5.46. The molecule has 1 saturated heterocycles. The van der Waals surface area contributed by atoms with E-state index in [1.807, 2.05) is 53.5 Å². The van der Waals surface area contributed by atoms with E-state index in [1.165, 1.54) is 11.3 Å². The molecule has 5 N–H and O–H groups in total. The van der Waals surface area contributed by atoms with E-state index >= 15 is 0 Å². The van der Waals surface area contributed by atoms with E-state index < -0.39 is 48.0 Å². The first-order valence-electron chi connectivity index (χ1n) is 22.4. The van der Waals surface area contributed by atoms with Crippen LogP contribution in [0.15, 0.2) is 29.6 Å². The van der Waals surface area contributed by atoms with Crippen LogP contribution in [-0.4, -0.2) is 107 Å². The Morgan fingerprint density at radius 3 is 2.23 bits per heavy atom. The molecule has 14 nitrogen and oxygen atoms in total. The van der Waals surface area contributed by atoms with Gasteiger partial charge in [-0.15, -0.1) is 11.3 Å². The van der Waals surface area contributed by atoms with Gasteiger partial charge in [-0.05, 0) is 87.6 Å². The number of hydrogen-bond donors (Lipinski definition) is 4. The van der Waals surface area contributed by atoms with E-state index in [0.29, 0.717) is 36.8 Å². The van der Waals surface area contributed by atoms with Crippen molar-refractivity contribution in [3.8, 4) is 5.75 Å². The molecule has 1 aromatic heterocycles. The molecule has 8 atom stereocenters. The quantitative estimate of drug-likeness (QED) is 0.0619. The smallest absolute Gasteiger partial charge is 0.328 e. The molecule has 2 aromatic rings. The number of carbonyl (C=O) groups is 5. The summed E-state index contributed by atoms with van der Waals surface area (Å²) < 4.78 is 11.9. The van der Waals surface area contributed by atoms with Crippen LogP contribution in [0.25, 0.3) is 0 Å². The number of carboxylic acid groups (broad SMARTS) is 1. The number of amides is 3. The molecule has 0 spiro atoms. The number of likely N-dealkylation sites (tertiary alicyclic amines) is 1. The normalized spacial score (nSPS) is 18.1. The van der Waals surface area contributed by atoms with Crippen LogP contribution in [0.2, 0.25) is 0 Å². The second-order valence-electron chi connectivity index (χ2n) is 17.6. The number of piperidine rings is 1. The summed E-state index contributed by atoms with van der Waals surface area (Å²) in [4.78, 5) is 75.2. The van der Waals surface area contributed by atoms with Gasteiger partial charge in [-0.25, -0.2) is 9.78 Å². The maximum absolute atomic E-state index is 14.7. The molecular weight excluding hydrogens is 797 g/mol. The van der Waals surface area contributed by atoms with E-state index in [0.717, 1.165) is 50.6 Å². The van der Waals surface area contributed by atoms with Gasteiger partial charge in [-0.1, -0.05) is 87.3 Å². The zero-order valence-corrected chi connectivity index (χ0v) is 39.1. The Kier molecular flexibility index (Phi) is 21.3. The number of nitrogens with two attached hydrogens (primary N) is 1. The van der Waals surface area contributed by atoms with Crippen LogP contribution < -0.4 is 21.1 Å². The monoisotopic (exact) mass is 871 g/mol. The van der Waals surface area contributed by atoms with Gasteiger partial charge in [0.2, 0.25) is 11.8 Å². The first-order chi connectivity index (χ1) is 28.9. The van der Waals surface area contributed by atoms with Gasteiger partial charge < -0.3 is 35.8 Å². The van der Waals surface area contributed by atoms with Crippen molar-refractivity contribution in [2.24, 2.45) is 29.4 Å². The van der Waals surface area contributed by atoms with Crippen molar-refractivity contribution < 1.29 is 38.6 Å². The average Bonchev–Trinajstić information content (AvgIpc) is 3.72. The molecule has 3 rings (SSSR count). The fourth-order valence-corrected chi connectivity index (χ4v) is 8.49. The molecule has 1 fully saturated rings. The number of thiazole rings is 1. The molecule has 342 valence electrons. The Balaban J connectivity index is 1.85. The fraction of sp³-hybridized carbons (Fsp3) is 0.696. The summed E-state index contributed by atoms with van der Waals surface area (Å²) in [6.45, 7) is 19.4. The van der Waals surface area contributed by atoms with Gasteiger partial charge in [0.15, 0.2) is 0 Å². The van der Waals surface area contributed by atoms with E-state index in [1.54, 1.807) is 36.6 Å². The molecule has 1 aromatic carbocycles. The van der Waals surface area contributed by atoms with Crippen LogP contribution in [0.1, 0.15) is 141 Å². The summed E-state index contributed by atoms with van der Waals surface area (Å²) in [5, 5.41) is 18.2. The number of benzene rings is 1. The third kappa shape index (κ3) is 15.4. The van der Waals surface area contributed by atoms with Crippen molar-refractivity contribution in [3.63, 3.8) is 0 Å². The molecule has 1 aliphatic rings. The largest absolute Gasteiger partial charge is 0.481 e. The molecule has 3 amide bonds. The van der Waals surface area contributed by atoms with Crippen LogP contribution in [-0.2, 0) is 30.3 Å². The minimum absolute atomic E-state index is 0.0411. The van der Waals surface area contributed by atoms with Crippen LogP contribution in [0.5, 0.6) is 5.75 Å². The van der Waals surface area contributed by atoms with E-state index in [-0.39, 0.29) is 53.8 Å². The lowest BCUT2D eigenvalue weighted by Crippen LogP contribution is -2.58. The Labute approximate surface area is 368 Å². The highest BCUT2D eigenvalue weighted by molar-refractivity contribution is 7.09. The fourth-order valence-electron chi connectivity index (χ4n) is 7.63. The molecule has 0 unspecified atom stereocenters. The Morgan fingerprint density at radius 2 is 1.66 bits per heavy atom. The third-order valence-corrected chi connectivity index (χ3v) is 12.7. The number of aromatic nitrogens is 1. The van der Waals surface area contributed by atoms with Gasteiger partial charge in [0.05, 0.1) is 12.0 Å². The van der Waals surface area contributed by atoms with Crippen LogP contribution in [0.3, 0.4) is 0 Å². The second-order valence-corrected chi connectivity index (χ2v) is 18.4. The average molecular weight is 871 g/mol. The maximum atomic E-state index is 14.7. The summed E-state index contributed by atoms with van der Waals surface area (Å²) in [5.41, 5.74) is 6.94. The van der Waals surface area contributed by atoms with Gasteiger partial charge in [0.1, 0.15) is 34.6 Å². The molecule has 0 radical (unpaired) electrons. The van der Waals surface area contributed by atoms with Crippen molar-refractivity contribution in [3.05, 3.63) is 45.9 Å². The number of ether oxygens (including phenoxy) is 2. The van der Waals surface area contributed by atoms with Crippen molar-refractivity contribution in [2.75, 3.05) is 26.7 Å². The predicted molar refractivity (Wildman–Crippen MR) is 239 cm³/mol. The molecule has 0 aliphatic carbocycles. The highest BCUT2D eigenvalue weighted by atomic mass is 32.1. The standard InChI is InChI=1S/C46H74N6O8S/c1-11-21-52(44(55)40(30(8)13-3)50-42(54)36-16-14-15-22-51(36)10)37(28(4)5)26-38(59-23-12-2)43-49-35(27-61-43)41(53)48-33(24-31(9)45(56)57)25-32-17-19-34(20-18-32)60-46(58)39(47)29(6)7/h17-20,27-31,33,36-40H,11-16,21-26,47H2,1-10H3,(H,48,53)(H,50,54)(H,56,57)/t30-,31-,33+,36+,37+,38+,39+,40-/m0/s1. The number of nitrogens with zero attached hydrogens (tertiary/aromatic N) is 3. The van der Waals surface area contributed by atoms with Gasteiger partial charge >= 0.3 is 11.9 Å². The number of esters is 1. The lowest BCUT2D eigenvalue weighted by Gasteiger charge is -2.40. The van der Waals surface area contributed by atoms with E-state index in [4.69, 9.17) is 20.2 Å². The number of carboxylic acids is 1. The van der Waals surface area contributed by atoms with Crippen molar-refractivity contribution >= 4 is 41.0 Å². The van der Waals surface area contributed by atoms with E-state index in [9.17, 15) is 29.1 Å². The highest BCUT2D eigenvalue weighted by Gasteiger charge is 2.38. The van der Waals surface area contributed by atoms with Crippen molar-refractivity contribution in [2.45, 2.75) is 156 Å². The second kappa shape index (κ2) is 25.3. The molecule has 2 heterocycles. The summed E-state index contributed by atoms with van der Waals surface area (Å²) in [5.74, 6) is -2.64. The number of hydrogen-bond acceptors (Lipinski definition) is 11. The topological polar surface area (TPSA) is 193 Å². The Morgan fingerprint density at radius 1 is 0.967 bits per heavy atom. The first-order valence-corrected chi connectivity index (χ1v) is 23.3. The Bertz CT molecular complexity index is 1700. The summed E-state index contributed by atoms with van der Waals surface area (Å²) in [6, 6.07) is 4.37. The molecule has 61 heavy (non-hydrogen) atoms. The van der Waals surface area contributed by atoms with Crippen LogP contribution in [0, 0.1) is 23.7 Å². The minimum Gasteiger partial charge on any atom is -0.481 e. The molecular formula is C46H74N6O8S. The number of carbonyl (C=O) groups excluding carboxylic acids is 4. The van der Waals surface area contributed by atoms with Gasteiger partial charge in [0, 0.05) is 37.0 Å². The van der Waals surface area contributed by atoms with Gasteiger partial charge in [-0.2, -0.15) is 0 Å². The molecule has 0 bridgehead atoms. The first kappa shape index (κ1) is 51.4. The van der Waals surface area contributed by atoms with Gasteiger partial charge in [-0.3, -0.25) is 24.1 Å². The number of nitrogens with one attached hydrogen (secondary N) is 2. The minimum atomic E-state index is -0.972.